The van der Waals surface area contributed by atoms with Crippen molar-refractivity contribution in [2.45, 2.75) is 24.3 Å². The van der Waals surface area contributed by atoms with E-state index in [1.807, 2.05) is 6.07 Å². The Labute approximate surface area is 174 Å². The van der Waals surface area contributed by atoms with E-state index in [2.05, 4.69) is 4.72 Å². The number of carbonyl (C=O) groups is 1. The van der Waals surface area contributed by atoms with Gasteiger partial charge >= 0.3 is 0 Å². The highest BCUT2D eigenvalue weighted by atomic mass is 32.2. The molecule has 3 aromatic rings. The molecule has 0 fully saturated rings. The summed E-state index contributed by atoms with van der Waals surface area (Å²) >= 11 is 0. The summed E-state index contributed by atoms with van der Waals surface area (Å²) in [5, 5.41) is 1.63. The highest BCUT2D eigenvalue weighted by Gasteiger charge is 2.25. The van der Waals surface area contributed by atoms with Gasteiger partial charge in [0.2, 0.25) is 16.8 Å². The average Bonchev–Trinajstić information content (AvgIpc) is 3.19. The van der Waals surface area contributed by atoms with Crippen LogP contribution in [-0.2, 0) is 14.8 Å². The van der Waals surface area contributed by atoms with Gasteiger partial charge in [-0.2, -0.15) is 0 Å². The summed E-state index contributed by atoms with van der Waals surface area (Å²) in [5.74, 6) is 1.68. The van der Waals surface area contributed by atoms with Crippen LogP contribution in [0.5, 0.6) is 17.2 Å². The third kappa shape index (κ3) is 4.10. The van der Waals surface area contributed by atoms with E-state index in [4.69, 9.17) is 14.2 Å². The number of carbonyl (C=O) groups excluding carboxylic acids is 1. The lowest BCUT2D eigenvalue weighted by Gasteiger charge is -2.19. The Morgan fingerprint density at radius 2 is 1.77 bits per heavy atom. The third-order valence-corrected chi connectivity index (χ3v) is 6.39. The quantitative estimate of drug-likeness (QED) is 0.620. The van der Waals surface area contributed by atoms with Crippen molar-refractivity contribution >= 4 is 26.6 Å². The van der Waals surface area contributed by atoms with E-state index in [9.17, 15) is 13.2 Å². The minimum atomic E-state index is -3.88. The second-order valence-corrected chi connectivity index (χ2v) is 8.78. The predicted octanol–water partition coefficient (Wildman–Crippen LogP) is 3.58. The fourth-order valence-corrected chi connectivity index (χ4v) is 4.66. The Hall–Kier alpha value is -3.10. The molecule has 0 amide bonds. The van der Waals surface area contributed by atoms with E-state index in [0.717, 1.165) is 10.8 Å². The van der Waals surface area contributed by atoms with Gasteiger partial charge in [0.1, 0.15) is 11.5 Å². The van der Waals surface area contributed by atoms with Crippen LogP contribution < -0.4 is 18.9 Å². The summed E-state index contributed by atoms with van der Waals surface area (Å²) in [7, 11) is -2.30. The number of sulfonamides is 1. The maximum absolute atomic E-state index is 13.1. The van der Waals surface area contributed by atoms with Crippen LogP contribution in [-0.4, -0.2) is 28.1 Å². The molecule has 30 heavy (non-hydrogen) atoms. The van der Waals surface area contributed by atoms with Gasteiger partial charge in [0.25, 0.3) is 0 Å². The van der Waals surface area contributed by atoms with Gasteiger partial charge in [-0.1, -0.05) is 18.2 Å². The molecule has 3 aromatic carbocycles. The predicted molar refractivity (Wildman–Crippen MR) is 111 cm³/mol. The number of ether oxygens (including phenoxy) is 3. The SMILES string of the molecule is COc1ccc2cc(S(=O)(=O)NC(CC(C)=O)c3ccc4c(c3)OCO4)ccc2c1. The number of rotatable bonds is 7. The molecule has 0 saturated heterocycles. The van der Waals surface area contributed by atoms with Gasteiger partial charge in [-0.15, -0.1) is 0 Å². The Bertz CT molecular complexity index is 1220. The molecule has 7 nitrogen and oxygen atoms in total. The molecule has 0 radical (unpaired) electrons. The molecule has 1 atom stereocenters. The standard InChI is InChI=1S/C22H21NO6S/c1-14(24)9-20(17-5-8-21-22(12-17)29-13-28-21)23-30(25,26)19-7-4-15-10-18(27-2)6-3-16(15)11-19/h3-8,10-12,20,23H,9,13H2,1-2H3. The number of hydrogen-bond donors (Lipinski definition) is 1. The highest BCUT2D eigenvalue weighted by Crippen LogP contribution is 2.35. The minimum absolute atomic E-state index is 0.0175. The number of nitrogens with one attached hydrogen (secondary N) is 1. The Morgan fingerprint density at radius 1 is 1.03 bits per heavy atom. The van der Waals surface area contributed by atoms with Crippen LogP contribution in [0.1, 0.15) is 24.9 Å². The van der Waals surface area contributed by atoms with Crippen molar-refractivity contribution in [2.24, 2.45) is 0 Å². The normalized spacial score (nSPS) is 13.9. The first-order valence-electron chi connectivity index (χ1n) is 9.35. The van der Waals surface area contributed by atoms with Crippen LogP contribution in [0.2, 0.25) is 0 Å². The monoisotopic (exact) mass is 427 g/mol. The van der Waals surface area contributed by atoms with Crippen LogP contribution in [0, 0.1) is 0 Å². The lowest BCUT2D eigenvalue weighted by atomic mass is 10.0. The zero-order valence-corrected chi connectivity index (χ0v) is 17.4. The number of Topliss-reactive ketones (excluding diaryl/α,β-unsaturated/α-hetero) is 1. The number of fused-ring (bicyclic) bond motifs is 2. The van der Waals surface area contributed by atoms with E-state index < -0.39 is 16.1 Å². The third-order valence-electron chi connectivity index (χ3n) is 4.92. The van der Waals surface area contributed by atoms with Crippen molar-refractivity contribution in [3.05, 3.63) is 60.2 Å². The van der Waals surface area contributed by atoms with E-state index in [1.54, 1.807) is 49.6 Å². The second-order valence-electron chi connectivity index (χ2n) is 7.07. The molecule has 1 aliphatic heterocycles. The van der Waals surface area contributed by atoms with E-state index >= 15 is 0 Å². The Balaban J connectivity index is 1.66. The van der Waals surface area contributed by atoms with Crippen molar-refractivity contribution in [3.63, 3.8) is 0 Å². The molecular weight excluding hydrogens is 406 g/mol. The fourth-order valence-electron chi connectivity index (χ4n) is 3.40. The molecule has 1 aliphatic rings. The van der Waals surface area contributed by atoms with E-state index in [1.165, 1.54) is 13.0 Å². The number of methoxy groups -OCH3 is 1. The summed E-state index contributed by atoms with van der Waals surface area (Å²) in [6.07, 6.45) is 0.0175. The maximum atomic E-state index is 13.1. The molecule has 0 aliphatic carbocycles. The van der Waals surface area contributed by atoms with Gasteiger partial charge in [-0.25, -0.2) is 13.1 Å². The van der Waals surface area contributed by atoms with Gasteiger partial charge in [0.05, 0.1) is 18.0 Å². The van der Waals surface area contributed by atoms with Crippen molar-refractivity contribution in [2.75, 3.05) is 13.9 Å². The highest BCUT2D eigenvalue weighted by molar-refractivity contribution is 7.89. The maximum Gasteiger partial charge on any atom is 0.241 e. The van der Waals surface area contributed by atoms with E-state index in [-0.39, 0.29) is 23.9 Å². The van der Waals surface area contributed by atoms with Crippen LogP contribution in [0.25, 0.3) is 10.8 Å². The summed E-state index contributed by atoms with van der Waals surface area (Å²) in [4.78, 5) is 11.9. The van der Waals surface area contributed by atoms with Gasteiger partial charge in [-0.05, 0) is 59.7 Å². The second kappa shape index (κ2) is 7.97. The lowest BCUT2D eigenvalue weighted by molar-refractivity contribution is -0.117. The fraction of sp³-hybridized carbons (Fsp3) is 0.227. The summed E-state index contributed by atoms with van der Waals surface area (Å²) in [5.41, 5.74) is 0.628. The van der Waals surface area contributed by atoms with Gasteiger partial charge in [0.15, 0.2) is 11.5 Å². The largest absolute Gasteiger partial charge is 0.497 e. The van der Waals surface area contributed by atoms with Gasteiger partial charge < -0.3 is 14.2 Å². The Morgan fingerprint density at radius 3 is 2.53 bits per heavy atom. The first-order valence-corrected chi connectivity index (χ1v) is 10.8. The molecule has 0 aromatic heterocycles. The molecule has 0 saturated carbocycles. The molecule has 0 spiro atoms. The first kappa shape index (κ1) is 20.2. The molecular formula is C22H21NO6S. The zero-order chi connectivity index (χ0) is 21.3. The van der Waals surface area contributed by atoms with Crippen molar-refractivity contribution in [3.8, 4) is 17.2 Å². The Kier molecular flexibility index (Phi) is 5.36. The molecule has 8 heteroatoms. The van der Waals surface area contributed by atoms with Gasteiger partial charge in [0, 0.05) is 6.42 Å². The number of benzene rings is 3. The van der Waals surface area contributed by atoms with Crippen LogP contribution >= 0.6 is 0 Å². The van der Waals surface area contributed by atoms with Crippen LogP contribution in [0.15, 0.2) is 59.5 Å². The van der Waals surface area contributed by atoms with Crippen molar-refractivity contribution < 1.29 is 27.4 Å². The summed E-state index contributed by atoms with van der Waals surface area (Å²) < 4.78 is 44.8. The first-order chi connectivity index (χ1) is 14.4. The average molecular weight is 427 g/mol. The number of hydrogen-bond acceptors (Lipinski definition) is 6. The summed E-state index contributed by atoms with van der Waals surface area (Å²) in [6, 6.07) is 14.7. The smallest absolute Gasteiger partial charge is 0.241 e. The minimum Gasteiger partial charge on any atom is -0.497 e. The van der Waals surface area contributed by atoms with E-state index in [0.29, 0.717) is 22.8 Å². The molecule has 1 unspecified atom stereocenters. The van der Waals surface area contributed by atoms with Gasteiger partial charge in [-0.3, -0.25) is 4.79 Å². The molecule has 0 bridgehead atoms. The molecule has 4 rings (SSSR count). The summed E-state index contributed by atoms with van der Waals surface area (Å²) in [6.45, 7) is 1.54. The van der Waals surface area contributed by atoms with Crippen molar-refractivity contribution in [1.29, 1.82) is 0 Å². The van der Waals surface area contributed by atoms with Crippen molar-refractivity contribution in [1.82, 2.24) is 4.72 Å². The lowest BCUT2D eigenvalue weighted by Crippen LogP contribution is -2.30. The van der Waals surface area contributed by atoms with Crippen LogP contribution in [0.3, 0.4) is 0 Å². The van der Waals surface area contributed by atoms with Crippen LogP contribution in [0.4, 0.5) is 0 Å². The molecule has 1 heterocycles. The zero-order valence-electron chi connectivity index (χ0n) is 16.5. The number of ketones is 1. The molecule has 1 N–H and O–H groups in total. The topological polar surface area (TPSA) is 90.9 Å². The molecule has 156 valence electrons.